The molecule has 4 aromatic rings. The van der Waals surface area contributed by atoms with E-state index in [9.17, 15) is 31.6 Å². The van der Waals surface area contributed by atoms with E-state index in [1.54, 1.807) is 17.8 Å². The van der Waals surface area contributed by atoms with Crippen LogP contribution in [0.5, 0.6) is 0 Å². The molecule has 4 rings (SSSR count). The normalized spacial score (nSPS) is 11.4. The van der Waals surface area contributed by atoms with Gasteiger partial charge in [-0.05, 0) is 42.5 Å². The van der Waals surface area contributed by atoms with Gasteiger partial charge in [-0.2, -0.15) is 0 Å². The topological polar surface area (TPSA) is 142 Å². The van der Waals surface area contributed by atoms with Crippen LogP contribution in [0.1, 0.15) is 0 Å². The van der Waals surface area contributed by atoms with Crippen molar-refractivity contribution in [2.24, 2.45) is 0 Å². The Morgan fingerprint density at radius 2 is 1.74 bits per heavy atom. The smallest absolute Gasteiger partial charge is 0.333 e. The van der Waals surface area contributed by atoms with Crippen LogP contribution in [-0.4, -0.2) is 31.0 Å². The minimum absolute atomic E-state index is 0.00265. The summed E-state index contributed by atoms with van der Waals surface area (Å²) in [6.07, 6.45) is 0. The predicted molar refractivity (Wildman–Crippen MR) is 128 cm³/mol. The van der Waals surface area contributed by atoms with E-state index >= 15 is 0 Å². The standard InChI is InChI=1S/C20H14ClF2N5O5S2/c1-24-9-2-3-11-14(8-9)26-20(31)28(18(11)29)17-12(22)6-10(7-13(17)23)25-19(30)27-35(32,33)16-5-4-15(21)34-16/h2-8,24H,1H3,(H,26,31)(H2,25,27,30). The summed E-state index contributed by atoms with van der Waals surface area (Å²) in [6, 6.07) is 6.87. The Morgan fingerprint density at radius 1 is 1.06 bits per heavy atom. The maximum absolute atomic E-state index is 14.9. The molecule has 0 fully saturated rings. The number of benzene rings is 2. The van der Waals surface area contributed by atoms with Crippen molar-refractivity contribution in [3.8, 4) is 5.69 Å². The lowest BCUT2D eigenvalue weighted by Gasteiger charge is -2.12. The number of rotatable bonds is 5. The van der Waals surface area contributed by atoms with Crippen LogP contribution in [0.2, 0.25) is 4.34 Å². The first-order chi connectivity index (χ1) is 16.5. The Balaban J connectivity index is 1.67. The molecule has 35 heavy (non-hydrogen) atoms. The van der Waals surface area contributed by atoms with Crippen molar-refractivity contribution in [3.05, 3.63) is 79.3 Å². The van der Waals surface area contributed by atoms with E-state index < -0.39 is 50.3 Å². The summed E-state index contributed by atoms with van der Waals surface area (Å²) in [5, 5.41) is 4.83. The molecule has 0 atom stereocenters. The van der Waals surface area contributed by atoms with E-state index in [0.717, 1.165) is 0 Å². The van der Waals surface area contributed by atoms with Crippen molar-refractivity contribution >= 4 is 61.3 Å². The zero-order chi connectivity index (χ0) is 25.5. The van der Waals surface area contributed by atoms with Crippen LogP contribution in [0.25, 0.3) is 16.6 Å². The Morgan fingerprint density at radius 3 is 2.34 bits per heavy atom. The fraction of sp³-hybridized carbons (Fsp3) is 0.0500. The van der Waals surface area contributed by atoms with Gasteiger partial charge in [-0.15, -0.1) is 11.3 Å². The van der Waals surface area contributed by atoms with E-state index in [0.29, 0.717) is 33.7 Å². The molecule has 0 aliphatic heterocycles. The summed E-state index contributed by atoms with van der Waals surface area (Å²) in [7, 11) is -2.64. The summed E-state index contributed by atoms with van der Waals surface area (Å²) in [5.74, 6) is -2.71. The monoisotopic (exact) mass is 541 g/mol. The summed E-state index contributed by atoms with van der Waals surface area (Å²) in [4.78, 5) is 39.9. The second-order valence-electron chi connectivity index (χ2n) is 6.99. The van der Waals surface area contributed by atoms with Gasteiger partial charge < -0.3 is 15.6 Å². The number of urea groups is 1. The molecule has 0 aliphatic rings. The van der Waals surface area contributed by atoms with Crippen molar-refractivity contribution in [3.63, 3.8) is 0 Å². The lowest BCUT2D eigenvalue weighted by molar-refractivity contribution is 0.256. The lowest BCUT2D eigenvalue weighted by atomic mass is 10.2. The van der Waals surface area contributed by atoms with Crippen molar-refractivity contribution in [2.45, 2.75) is 4.21 Å². The third kappa shape index (κ3) is 4.76. The van der Waals surface area contributed by atoms with Crippen molar-refractivity contribution < 1.29 is 22.0 Å². The van der Waals surface area contributed by atoms with Gasteiger partial charge >= 0.3 is 11.7 Å². The van der Waals surface area contributed by atoms with Crippen molar-refractivity contribution in [1.29, 1.82) is 0 Å². The van der Waals surface area contributed by atoms with Gasteiger partial charge in [-0.3, -0.25) is 4.79 Å². The number of H-pyrrole nitrogens is 1. The number of nitrogens with zero attached hydrogens (tertiary/aromatic N) is 1. The molecular formula is C20H14ClF2N5O5S2. The van der Waals surface area contributed by atoms with Crippen LogP contribution < -0.4 is 26.6 Å². The highest BCUT2D eigenvalue weighted by Gasteiger charge is 2.22. The van der Waals surface area contributed by atoms with Gasteiger partial charge in [-0.25, -0.2) is 36.1 Å². The molecule has 0 bridgehead atoms. The third-order valence-electron chi connectivity index (χ3n) is 4.73. The second-order valence-corrected chi connectivity index (χ2v) is 10.6. The van der Waals surface area contributed by atoms with E-state index in [1.165, 1.54) is 24.3 Å². The molecule has 0 spiro atoms. The van der Waals surface area contributed by atoms with Crippen molar-refractivity contribution in [1.82, 2.24) is 14.3 Å². The number of thiophene rings is 1. The van der Waals surface area contributed by atoms with Crippen molar-refractivity contribution in [2.75, 3.05) is 17.7 Å². The number of carbonyl (C=O) groups excluding carboxylic acids is 1. The van der Waals surface area contributed by atoms with Gasteiger partial charge in [0, 0.05) is 18.4 Å². The van der Waals surface area contributed by atoms with E-state index in [-0.39, 0.29) is 19.4 Å². The Labute approximate surface area is 204 Å². The maximum atomic E-state index is 14.9. The highest BCUT2D eigenvalue weighted by Crippen LogP contribution is 2.26. The first-order valence-electron chi connectivity index (χ1n) is 9.55. The number of anilines is 2. The summed E-state index contributed by atoms with van der Waals surface area (Å²) in [6.45, 7) is 0. The molecule has 0 unspecified atom stereocenters. The fourth-order valence-corrected chi connectivity index (χ4v) is 5.59. The number of aromatic amines is 1. The predicted octanol–water partition coefficient (Wildman–Crippen LogP) is 3.22. The molecule has 4 N–H and O–H groups in total. The number of hydrogen-bond acceptors (Lipinski definition) is 7. The van der Waals surface area contributed by atoms with Crippen LogP contribution in [0.15, 0.2) is 56.3 Å². The molecule has 0 saturated carbocycles. The molecule has 0 saturated heterocycles. The van der Waals surface area contributed by atoms with Crippen LogP contribution in [0.4, 0.5) is 25.0 Å². The zero-order valence-corrected chi connectivity index (χ0v) is 19.9. The number of amides is 2. The van der Waals surface area contributed by atoms with Gasteiger partial charge in [0.1, 0.15) is 9.90 Å². The first kappa shape index (κ1) is 24.4. The highest BCUT2D eigenvalue weighted by atomic mass is 35.5. The second kappa shape index (κ2) is 9.13. The molecule has 10 nitrogen and oxygen atoms in total. The van der Waals surface area contributed by atoms with Crippen LogP contribution >= 0.6 is 22.9 Å². The minimum atomic E-state index is -4.28. The van der Waals surface area contributed by atoms with Crippen LogP contribution in [0, 0.1) is 11.6 Å². The molecule has 2 aromatic heterocycles. The molecular weight excluding hydrogens is 528 g/mol. The average Bonchev–Trinajstić information content (AvgIpc) is 3.22. The lowest BCUT2D eigenvalue weighted by Crippen LogP contribution is -2.35. The van der Waals surface area contributed by atoms with Crippen LogP contribution in [0.3, 0.4) is 0 Å². The number of hydrogen-bond donors (Lipinski definition) is 4. The molecule has 15 heteroatoms. The molecule has 2 aromatic carbocycles. The largest absolute Gasteiger partial charge is 0.388 e. The van der Waals surface area contributed by atoms with Gasteiger partial charge in [0.05, 0.1) is 15.2 Å². The minimum Gasteiger partial charge on any atom is -0.388 e. The van der Waals surface area contributed by atoms with E-state index in [2.05, 4.69) is 10.3 Å². The average molecular weight is 542 g/mol. The molecule has 0 aliphatic carbocycles. The van der Waals surface area contributed by atoms with Gasteiger partial charge in [0.15, 0.2) is 11.6 Å². The number of aromatic nitrogens is 2. The number of fused-ring (bicyclic) bond motifs is 1. The Bertz CT molecular complexity index is 1690. The highest BCUT2D eigenvalue weighted by molar-refractivity contribution is 7.92. The summed E-state index contributed by atoms with van der Waals surface area (Å²) < 4.78 is 56.0. The molecule has 182 valence electrons. The quantitative estimate of drug-likeness (QED) is 0.305. The third-order valence-corrected chi connectivity index (χ3v) is 7.78. The first-order valence-corrected chi connectivity index (χ1v) is 12.2. The number of halogens is 3. The molecule has 2 amide bonds. The SMILES string of the molecule is CNc1ccc2c(=O)n(-c3c(F)cc(NC(=O)NS(=O)(=O)c4ccc(Cl)s4)cc3F)c(=O)[nH]c2c1. The van der Waals surface area contributed by atoms with Gasteiger partial charge in [0.25, 0.3) is 15.6 Å². The maximum Gasteiger partial charge on any atom is 0.333 e. The van der Waals surface area contributed by atoms with Gasteiger partial charge in [-0.1, -0.05) is 11.6 Å². The Hall–Kier alpha value is -3.75. The molecule has 2 heterocycles. The number of nitrogens with one attached hydrogen (secondary N) is 4. The van der Waals surface area contributed by atoms with Gasteiger partial charge in [0.2, 0.25) is 0 Å². The number of sulfonamides is 1. The summed E-state index contributed by atoms with van der Waals surface area (Å²) in [5.41, 5.74) is -2.74. The summed E-state index contributed by atoms with van der Waals surface area (Å²) >= 11 is 6.39. The zero-order valence-electron chi connectivity index (χ0n) is 17.5. The fourth-order valence-electron chi connectivity index (χ4n) is 3.20. The van der Waals surface area contributed by atoms with E-state index in [4.69, 9.17) is 11.6 Å². The number of carbonyl (C=O) groups is 1. The molecule has 0 radical (unpaired) electrons. The Kier molecular flexibility index (Phi) is 6.36. The van der Waals surface area contributed by atoms with E-state index in [1.807, 2.05) is 5.32 Å². The van der Waals surface area contributed by atoms with Crippen LogP contribution in [-0.2, 0) is 10.0 Å².